The first kappa shape index (κ1) is 15.2. The van der Waals surface area contributed by atoms with Gasteiger partial charge in [0.05, 0.1) is 5.69 Å². The van der Waals surface area contributed by atoms with Crippen molar-refractivity contribution in [1.82, 2.24) is 5.43 Å². The molecule has 0 bridgehead atoms. The van der Waals surface area contributed by atoms with E-state index in [1.54, 1.807) is 18.2 Å². The predicted molar refractivity (Wildman–Crippen MR) is 93.3 cm³/mol. The quantitative estimate of drug-likeness (QED) is 0.666. The third-order valence-electron chi connectivity index (χ3n) is 3.33. The molecule has 2 aromatic carbocycles. The number of amides is 2. The zero-order chi connectivity index (χ0) is 16.2. The zero-order valence-electron chi connectivity index (χ0n) is 12.1. The van der Waals surface area contributed by atoms with E-state index in [9.17, 15) is 9.59 Å². The molecule has 2 aromatic rings. The van der Waals surface area contributed by atoms with Crippen molar-refractivity contribution in [2.75, 3.05) is 5.01 Å². The molecule has 114 valence electrons. The van der Waals surface area contributed by atoms with Crippen LogP contribution >= 0.6 is 15.9 Å². The van der Waals surface area contributed by atoms with Crippen LogP contribution in [0.4, 0.5) is 5.69 Å². The minimum Gasteiger partial charge on any atom is -0.267 e. The van der Waals surface area contributed by atoms with Gasteiger partial charge in [-0.05, 0) is 35.9 Å². The van der Waals surface area contributed by atoms with Crippen LogP contribution in [0.15, 0.2) is 76.8 Å². The summed E-state index contributed by atoms with van der Waals surface area (Å²) >= 11 is 3.34. The molecule has 4 nitrogen and oxygen atoms in total. The maximum atomic E-state index is 12.4. The lowest BCUT2D eigenvalue weighted by Crippen LogP contribution is -2.35. The van der Waals surface area contributed by atoms with Crippen LogP contribution in [0.3, 0.4) is 0 Å². The van der Waals surface area contributed by atoms with E-state index in [4.69, 9.17) is 0 Å². The van der Waals surface area contributed by atoms with Crippen molar-refractivity contribution in [2.45, 2.75) is 0 Å². The summed E-state index contributed by atoms with van der Waals surface area (Å²) in [5, 5.41) is 1.25. The largest absolute Gasteiger partial charge is 0.282 e. The summed E-state index contributed by atoms with van der Waals surface area (Å²) in [5.74, 6) is -0.773. The molecular formula is C18H13BrN2O2. The van der Waals surface area contributed by atoms with Crippen molar-refractivity contribution < 1.29 is 9.59 Å². The minimum absolute atomic E-state index is 0.111. The molecule has 0 saturated carbocycles. The molecule has 3 rings (SSSR count). The molecule has 5 heteroatoms. The van der Waals surface area contributed by atoms with Crippen LogP contribution in [0, 0.1) is 0 Å². The molecule has 1 aliphatic heterocycles. The Morgan fingerprint density at radius 1 is 0.957 bits per heavy atom. The predicted octanol–water partition coefficient (Wildman–Crippen LogP) is 3.47. The van der Waals surface area contributed by atoms with Crippen LogP contribution in [0.2, 0.25) is 0 Å². The first-order chi connectivity index (χ1) is 11.1. The highest BCUT2D eigenvalue weighted by molar-refractivity contribution is 9.10. The lowest BCUT2D eigenvalue weighted by molar-refractivity contribution is -0.117. The standard InChI is InChI=1S/C18H13BrN2O2/c19-14-9-11-15(12-10-14)21-18(23)16(17(22)20-21)8-4-7-13-5-2-1-3-6-13/h1-12H,(H,20,22)/b7-4+,16-8+. The summed E-state index contributed by atoms with van der Waals surface area (Å²) in [6.45, 7) is 0. The minimum atomic E-state index is -0.407. The summed E-state index contributed by atoms with van der Waals surface area (Å²) in [5.41, 5.74) is 4.29. The van der Waals surface area contributed by atoms with Crippen molar-refractivity contribution >= 4 is 39.5 Å². The van der Waals surface area contributed by atoms with Gasteiger partial charge in [0, 0.05) is 4.47 Å². The normalized spacial score (nSPS) is 16.4. The second-order valence-corrected chi connectivity index (χ2v) is 5.82. The Morgan fingerprint density at radius 2 is 1.65 bits per heavy atom. The summed E-state index contributed by atoms with van der Waals surface area (Å²) < 4.78 is 0.904. The fourth-order valence-electron chi connectivity index (χ4n) is 2.17. The van der Waals surface area contributed by atoms with Gasteiger partial charge in [-0.15, -0.1) is 0 Å². The van der Waals surface area contributed by atoms with Crippen molar-refractivity contribution in [1.29, 1.82) is 0 Å². The number of nitrogens with zero attached hydrogens (tertiary/aromatic N) is 1. The fourth-order valence-corrected chi connectivity index (χ4v) is 2.43. The van der Waals surface area contributed by atoms with Gasteiger partial charge in [0.1, 0.15) is 5.57 Å². The van der Waals surface area contributed by atoms with Crippen LogP contribution in [-0.2, 0) is 9.59 Å². The van der Waals surface area contributed by atoms with Crippen molar-refractivity contribution in [3.05, 3.63) is 82.4 Å². The van der Waals surface area contributed by atoms with Crippen LogP contribution in [0.25, 0.3) is 6.08 Å². The van der Waals surface area contributed by atoms with Crippen molar-refractivity contribution in [2.24, 2.45) is 0 Å². The first-order valence-electron chi connectivity index (χ1n) is 6.99. The zero-order valence-corrected chi connectivity index (χ0v) is 13.7. The Bertz CT molecular complexity index is 796. The number of benzene rings is 2. The van der Waals surface area contributed by atoms with Gasteiger partial charge in [-0.2, -0.15) is 0 Å². The smallest absolute Gasteiger partial charge is 0.267 e. The van der Waals surface area contributed by atoms with Crippen LogP contribution in [-0.4, -0.2) is 11.8 Å². The molecule has 0 aromatic heterocycles. The summed E-state index contributed by atoms with van der Waals surface area (Å²) in [7, 11) is 0. The van der Waals surface area contributed by atoms with E-state index in [0.29, 0.717) is 5.69 Å². The molecular weight excluding hydrogens is 356 g/mol. The Morgan fingerprint density at radius 3 is 2.35 bits per heavy atom. The van der Waals surface area contributed by atoms with E-state index in [1.807, 2.05) is 48.5 Å². The maximum Gasteiger partial charge on any atom is 0.282 e. The fraction of sp³-hybridized carbons (Fsp3) is 0. The van der Waals surface area contributed by atoms with E-state index in [1.165, 1.54) is 11.1 Å². The number of nitrogens with one attached hydrogen (secondary N) is 1. The molecule has 0 spiro atoms. The third-order valence-corrected chi connectivity index (χ3v) is 3.86. The number of carbonyl (C=O) groups excluding carboxylic acids is 2. The second-order valence-electron chi connectivity index (χ2n) is 4.91. The van der Waals surface area contributed by atoms with Crippen LogP contribution < -0.4 is 10.4 Å². The number of allylic oxidation sites excluding steroid dienone is 2. The molecule has 1 saturated heterocycles. The Hall–Kier alpha value is -2.66. The number of anilines is 1. The average Bonchev–Trinajstić information content (AvgIpc) is 2.85. The number of hydrazine groups is 1. The molecule has 0 aliphatic carbocycles. The van der Waals surface area contributed by atoms with Crippen molar-refractivity contribution in [3.63, 3.8) is 0 Å². The van der Waals surface area contributed by atoms with E-state index in [2.05, 4.69) is 21.4 Å². The average molecular weight is 369 g/mol. The molecule has 1 heterocycles. The molecule has 0 radical (unpaired) electrons. The summed E-state index contributed by atoms with van der Waals surface area (Å²) in [4.78, 5) is 24.4. The molecule has 0 atom stereocenters. The number of halogens is 1. The maximum absolute atomic E-state index is 12.4. The number of hydrogen-bond acceptors (Lipinski definition) is 2. The Kier molecular flexibility index (Phi) is 4.39. The highest BCUT2D eigenvalue weighted by Crippen LogP contribution is 2.22. The molecule has 0 unspecified atom stereocenters. The van der Waals surface area contributed by atoms with Gasteiger partial charge in [0.2, 0.25) is 0 Å². The van der Waals surface area contributed by atoms with E-state index in [0.717, 1.165) is 10.0 Å². The summed E-state index contributed by atoms with van der Waals surface area (Å²) in [6.07, 6.45) is 5.08. The molecule has 23 heavy (non-hydrogen) atoms. The monoisotopic (exact) mass is 368 g/mol. The first-order valence-corrected chi connectivity index (χ1v) is 7.79. The van der Waals surface area contributed by atoms with Crippen LogP contribution in [0.5, 0.6) is 0 Å². The van der Waals surface area contributed by atoms with Gasteiger partial charge in [0.15, 0.2) is 0 Å². The number of carbonyl (C=O) groups is 2. The third kappa shape index (κ3) is 3.40. The molecule has 1 aliphatic rings. The Labute approximate surface area is 142 Å². The SMILES string of the molecule is O=C1NN(c2ccc(Br)cc2)C(=O)/C1=C/C=C/c1ccccc1. The van der Waals surface area contributed by atoms with Gasteiger partial charge in [0.25, 0.3) is 11.8 Å². The van der Waals surface area contributed by atoms with Gasteiger partial charge < -0.3 is 0 Å². The van der Waals surface area contributed by atoms with Gasteiger partial charge in [-0.1, -0.05) is 58.4 Å². The number of rotatable bonds is 3. The molecule has 1 fully saturated rings. The highest BCUT2D eigenvalue weighted by Gasteiger charge is 2.33. The lowest BCUT2D eigenvalue weighted by atomic mass is 10.2. The lowest BCUT2D eigenvalue weighted by Gasteiger charge is -2.14. The van der Waals surface area contributed by atoms with Crippen molar-refractivity contribution in [3.8, 4) is 0 Å². The highest BCUT2D eigenvalue weighted by atomic mass is 79.9. The number of hydrogen-bond donors (Lipinski definition) is 1. The van der Waals surface area contributed by atoms with E-state index in [-0.39, 0.29) is 11.5 Å². The summed E-state index contributed by atoms with van der Waals surface area (Å²) in [6, 6.07) is 16.8. The molecule has 2 amide bonds. The Balaban J connectivity index is 1.80. The van der Waals surface area contributed by atoms with Gasteiger partial charge >= 0.3 is 0 Å². The van der Waals surface area contributed by atoms with Gasteiger partial charge in [-0.25, -0.2) is 5.01 Å². The second kappa shape index (κ2) is 6.62. The van der Waals surface area contributed by atoms with Crippen LogP contribution in [0.1, 0.15) is 5.56 Å². The van der Waals surface area contributed by atoms with E-state index >= 15 is 0 Å². The molecule has 1 N–H and O–H groups in total. The van der Waals surface area contributed by atoms with E-state index < -0.39 is 5.91 Å². The van der Waals surface area contributed by atoms with Gasteiger partial charge in [-0.3, -0.25) is 15.0 Å². The topological polar surface area (TPSA) is 49.4 Å².